The molecule has 2 atom stereocenters. The Morgan fingerprint density at radius 1 is 1.08 bits per heavy atom. The van der Waals surface area contributed by atoms with Crippen LogP contribution in [0.25, 0.3) is 0 Å². The van der Waals surface area contributed by atoms with E-state index in [9.17, 15) is 0 Å². The molecule has 1 aliphatic carbocycles. The second-order valence-electron chi connectivity index (χ2n) is 8.30. The zero-order valence-electron chi connectivity index (χ0n) is 15.5. The molecule has 3 aliphatic rings. The maximum atomic E-state index is 5.34. The van der Waals surface area contributed by atoms with Gasteiger partial charge < -0.3 is 14.3 Å². The lowest BCUT2D eigenvalue weighted by Gasteiger charge is -2.26. The highest BCUT2D eigenvalue weighted by atomic mass is 16.5. The molecule has 2 aromatic rings. The predicted molar refractivity (Wildman–Crippen MR) is 99.2 cm³/mol. The number of hydrogen-bond donors (Lipinski definition) is 0. The molecular formula is C20H27N5O. The topological polar surface area (TPSA) is 58.3 Å². The van der Waals surface area contributed by atoms with Gasteiger partial charge in [-0.1, -0.05) is 11.6 Å². The van der Waals surface area contributed by atoms with Crippen LogP contribution < -0.4 is 4.90 Å². The molecular weight excluding hydrogens is 326 g/mol. The highest BCUT2D eigenvalue weighted by molar-refractivity contribution is 5.42. The van der Waals surface area contributed by atoms with Crippen molar-refractivity contribution in [2.75, 3.05) is 37.6 Å². The molecule has 0 bridgehead atoms. The fourth-order valence-corrected chi connectivity index (χ4v) is 4.72. The molecule has 0 radical (unpaired) electrons. The molecule has 0 N–H and O–H groups in total. The number of aryl methyl sites for hydroxylation is 1. The third-order valence-corrected chi connectivity index (χ3v) is 6.43. The third-order valence-electron chi connectivity index (χ3n) is 6.43. The Labute approximate surface area is 154 Å². The van der Waals surface area contributed by atoms with Gasteiger partial charge in [0, 0.05) is 62.9 Å². The summed E-state index contributed by atoms with van der Waals surface area (Å²) < 4.78 is 5.34. The van der Waals surface area contributed by atoms with Gasteiger partial charge in [-0.15, -0.1) is 0 Å². The van der Waals surface area contributed by atoms with E-state index in [-0.39, 0.29) is 0 Å². The minimum absolute atomic E-state index is 0.675. The first-order valence-corrected chi connectivity index (χ1v) is 9.96. The molecule has 1 saturated carbocycles. The summed E-state index contributed by atoms with van der Waals surface area (Å²) in [5, 5.41) is 3.98. The van der Waals surface area contributed by atoms with Crippen molar-refractivity contribution in [1.82, 2.24) is 20.0 Å². The van der Waals surface area contributed by atoms with E-state index >= 15 is 0 Å². The Hall–Kier alpha value is -1.95. The summed E-state index contributed by atoms with van der Waals surface area (Å²) in [6.45, 7) is 7.68. The van der Waals surface area contributed by atoms with E-state index in [1.54, 1.807) is 6.33 Å². The molecule has 2 aromatic heterocycles. The summed E-state index contributed by atoms with van der Waals surface area (Å²) >= 11 is 0. The normalized spacial score (nSPS) is 26.3. The van der Waals surface area contributed by atoms with Crippen molar-refractivity contribution in [3.05, 3.63) is 35.6 Å². The lowest BCUT2D eigenvalue weighted by Crippen LogP contribution is -2.30. The van der Waals surface area contributed by atoms with Crippen LogP contribution in [0.2, 0.25) is 0 Å². The summed E-state index contributed by atoms with van der Waals surface area (Å²) in [7, 11) is 0. The van der Waals surface area contributed by atoms with Crippen molar-refractivity contribution in [3.63, 3.8) is 0 Å². The van der Waals surface area contributed by atoms with Gasteiger partial charge in [0.05, 0.1) is 5.69 Å². The molecule has 2 saturated heterocycles. The van der Waals surface area contributed by atoms with E-state index < -0.39 is 0 Å². The minimum Gasteiger partial charge on any atom is -0.361 e. The second-order valence-corrected chi connectivity index (χ2v) is 8.30. The van der Waals surface area contributed by atoms with E-state index in [1.165, 1.54) is 38.0 Å². The first-order valence-electron chi connectivity index (χ1n) is 9.96. The Bertz CT molecular complexity index is 757. The molecule has 3 fully saturated rings. The van der Waals surface area contributed by atoms with Crippen molar-refractivity contribution in [2.45, 2.75) is 38.5 Å². The Morgan fingerprint density at radius 2 is 1.88 bits per heavy atom. The van der Waals surface area contributed by atoms with Gasteiger partial charge in [-0.05, 0) is 31.6 Å². The number of hydrogen-bond acceptors (Lipinski definition) is 6. The third kappa shape index (κ3) is 3.11. The van der Waals surface area contributed by atoms with Crippen molar-refractivity contribution in [3.8, 4) is 0 Å². The molecule has 2 unspecified atom stereocenters. The van der Waals surface area contributed by atoms with E-state index in [0.29, 0.717) is 5.92 Å². The maximum Gasteiger partial charge on any atom is 0.138 e. The molecule has 6 nitrogen and oxygen atoms in total. The quantitative estimate of drug-likeness (QED) is 0.824. The van der Waals surface area contributed by atoms with Crippen LogP contribution in [0, 0.1) is 18.8 Å². The zero-order valence-corrected chi connectivity index (χ0v) is 15.5. The number of aromatic nitrogens is 3. The van der Waals surface area contributed by atoms with E-state index in [0.717, 1.165) is 55.2 Å². The van der Waals surface area contributed by atoms with Crippen LogP contribution in [-0.2, 0) is 6.42 Å². The first-order chi connectivity index (χ1) is 12.7. The maximum absolute atomic E-state index is 5.34. The summed E-state index contributed by atoms with van der Waals surface area (Å²) in [4.78, 5) is 14.2. The van der Waals surface area contributed by atoms with Gasteiger partial charge in [-0.2, -0.15) is 0 Å². The summed E-state index contributed by atoms with van der Waals surface area (Å²) in [5.74, 6) is 4.34. The average molecular weight is 353 g/mol. The van der Waals surface area contributed by atoms with Crippen LogP contribution in [0.15, 0.2) is 23.0 Å². The zero-order chi connectivity index (χ0) is 17.5. The summed E-state index contributed by atoms with van der Waals surface area (Å²) in [6, 6.07) is 4.29. The van der Waals surface area contributed by atoms with Crippen LogP contribution >= 0.6 is 0 Å². The number of fused-ring (bicyclic) bond motifs is 1. The summed E-state index contributed by atoms with van der Waals surface area (Å²) in [5.41, 5.74) is 2.22. The smallest absolute Gasteiger partial charge is 0.138 e. The SMILES string of the molecule is Cc1cc(CCN2CC3CN(c4cc(C5CCC5)ncn4)CC3C2)on1. The fourth-order valence-electron chi connectivity index (χ4n) is 4.72. The monoisotopic (exact) mass is 353 g/mol. The molecule has 6 heteroatoms. The largest absolute Gasteiger partial charge is 0.361 e. The van der Waals surface area contributed by atoms with Crippen LogP contribution in [0.5, 0.6) is 0 Å². The Balaban J connectivity index is 1.17. The Morgan fingerprint density at radius 3 is 2.54 bits per heavy atom. The molecule has 0 spiro atoms. The van der Waals surface area contributed by atoms with Crippen molar-refractivity contribution in [1.29, 1.82) is 0 Å². The molecule has 0 amide bonds. The molecule has 138 valence electrons. The van der Waals surface area contributed by atoms with Gasteiger partial charge in [-0.25, -0.2) is 9.97 Å². The standard InChI is InChI=1S/C20H27N5O/c1-14-7-18(26-23-14)5-6-24-9-16-11-25(12-17(16)10-24)20-8-19(21-13-22-20)15-3-2-4-15/h7-8,13,15-17H,2-6,9-12H2,1H3. The lowest BCUT2D eigenvalue weighted by molar-refractivity contribution is 0.299. The highest BCUT2D eigenvalue weighted by Crippen LogP contribution is 2.37. The molecule has 4 heterocycles. The van der Waals surface area contributed by atoms with Crippen LogP contribution in [0.4, 0.5) is 5.82 Å². The first kappa shape index (κ1) is 16.2. The molecule has 5 rings (SSSR count). The van der Waals surface area contributed by atoms with Gasteiger partial charge >= 0.3 is 0 Å². The van der Waals surface area contributed by atoms with Crippen LogP contribution in [0.1, 0.15) is 42.3 Å². The molecule has 26 heavy (non-hydrogen) atoms. The highest BCUT2D eigenvalue weighted by Gasteiger charge is 2.40. The number of nitrogens with zero attached hydrogens (tertiary/aromatic N) is 5. The van der Waals surface area contributed by atoms with Crippen LogP contribution in [-0.4, -0.2) is 52.7 Å². The fraction of sp³-hybridized carbons (Fsp3) is 0.650. The number of rotatable bonds is 5. The van der Waals surface area contributed by atoms with E-state index in [2.05, 4.69) is 31.0 Å². The summed E-state index contributed by atoms with van der Waals surface area (Å²) in [6.07, 6.45) is 6.66. The van der Waals surface area contributed by atoms with Crippen molar-refractivity contribution < 1.29 is 4.52 Å². The number of likely N-dealkylation sites (tertiary alicyclic amines) is 1. The van der Waals surface area contributed by atoms with Crippen molar-refractivity contribution >= 4 is 5.82 Å². The van der Waals surface area contributed by atoms with Gasteiger partial charge in [0.15, 0.2) is 0 Å². The lowest BCUT2D eigenvalue weighted by atomic mass is 9.83. The van der Waals surface area contributed by atoms with E-state index in [4.69, 9.17) is 4.52 Å². The van der Waals surface area contributed by atoms with Gasteiger partial charge in [-0.3, -0.25) is 0 Å². The van der Waals surface area contributed by atoms with Gasteiger partial charge in [0.25, 0.3) is 0 Å². The van der Waals surface area contributed by atoms with Gasteiger partial charge in [0.1, 0.15) is 17.9 Å². The average Bonchev–Trinajstić information content (AvgIpc) is 3.26. The molecule has 0 aromatic carbocycles. The van der Waals surface area contributed by atoms with E-state index in [1.807, 2.05) is 13.0 Å². The van der Waals surface area contributed by atoms with Crippen molar-refractivity contribution in [2.24, 2.45) is 11.8 Å². The second kappa shape index (κ2) is 6.65. The Kier molecular flexibility index (Phi) is 4.15. The minimum atomic E-state index is 0.675. The number of anilines is 1. The molecule has 2 aliphatic heterocycles. The van der Waals surface area contributed by atoms with Crippen LogP contribution in [0.3, 0.4) is 0 Å². The predicted octanol–water partition coefficient (Wildman–Crippen LogP) is 2.65. The van der Waals surface area contributed by atoms with Gasteiger partial charge in [0.2, 0.25) is 0 Å².